The highest BCUT2D eigenvalue weighted by atomic mass is 32.1. The molecule has 25 heavy (non-hydrogen) atoms. The molecule has 2 aromatic rings. The molecule has 2 atom stereocenters. The molecule has 2 aliphatic carbocycles. The van der Waals surface area contributed by atoms with Gasteiger partial charge in [-0.25, -0.2) is 9.97 Å². The van der Waals surface area contributed by atoms with Gasteiger partial charge < -0.3 is 15.6 Å². The molecule has 1 saturated carbocycles. The Balaban J connectivity index is 1.67. The van der Waals surface area contributed by atoms with Crippen molar-refractivity contribution in [1.82, 2.24) is 9.97 Å². The van der Waals surface area contributed by atoms with Crippen LogP contribution in [0.5, 0.6) is 5.88 Å². The largest absolute Gasteiger partial charge is 0.474 e. The molecule has 2 aromatic heterocycles. The molecular formula is C18H23N3O3S. The molecule has 0 bridgehead atoms. The lowest BCUT2D eigenvalue weighted by Gasteiger charge is -2.23. The highest BCUT2D eigenvalue weighted by Gasteiger charge is 2.33. The molecule has 2 aliphatic rings. The zero-order valence-electron chi connectivity index (χ0n) is 14.1. The highest BCUT2D eigenvalue weighted by Crippen LogP contribution is 2.47. The third kappa shape index (κ3) is 3.22. The molecule has 1 amide bonds. The van der Waals surface area contributed by atoms with Crippen LogP contribution in [0.1, 0.15) is 61.3 Å². The van der Waals surface area contributed by atoms with E-state index in [9.17, 15) is 9.90 Å². The summed E-state index contributed by atoms with van der Waals surface area (Å²) in [7, 11) is 0. The van der Waals surface area contributed by atoms with E-state index in [1.54, 1.807) is 17.7 Å². The van der Waals surface area contributed by atoms with Gasteiger partial charge in [-0.1, -0.05) is 6.42 Å². The molecule has 0 radical (unpaired) electrons. The van der Waals surface area contributed by atoms with Gasteiger partial charge in [0.25, 0.3) is 0 Å². The summed E-state index contributed by atoms with van der Waals surface area (Å²) in [6, 6.07) is 0. The number of aliphatic hydroxyl groups is 1. The monoisotopic (exact) mass is 361 g/mol. The van der Waals surface area contributed by atoms with Crippen molar-refractivity contribution in [2.75, 3.05) is 0 Å². The van der Waals surface area contributed by atoms with Gasteiger partial charge in [-0.15, -0.1) is 11.3 Å². The lowest BCUT2D eigenvalue weighted by Crippen LogP contribution is -2.29. The van der Waals surface area contributed by atoms with E-state index in [1.165, 1.54) is 24.1 Å². The van der Waals surface area contributed by atoms with Gasteiger partial charge in [-0.3, -0.25) is 4.79 Å². The maximum Gasteiger partial charge on any atom is 0.246 e. The van der Waals surface area contributed by atoms with Crippen molar-refractivity contribution in [2.45, 2.75) is 69.5 Å². The Morgan fingerprint density at radius 1 is 1.32 bits per heavy atom. The number of aryl methyl sites for hydroxylation is 1. The summed E-state index contributed by atoms with van der Waals surface area (Å²) < 4.78 is 6.25. The van der Waals surface area contributed by atoms with Crippen LogP contribution in [-0.4, -0.2) is 33.2 Å². The second-order valence-electron chi connectivity index (χ2n) is 7.07. The fraction of sp³-hybridized carbons (Fsp3) is 0.611. The number of rotatable bonds is 5. The lowest BCUT2D eigenvalue weighted by atomic mass is 9.94. The number of ether oxygens (including phenoxy) is 1. The van der Waals surface area contributed by atoms with Crippen LogP contribution in [0.15, 0.2) is 6.33 Å². The summed E-state index contributed by atoms with van der Waals surface area (Å²) in [5.41, 5.74) is 6.40. The number of fused-ring (bicyclic) bond motifs is 3. The minimum atomic E-state index is -1.11. The van der Waals surface area contributed by atoms with Gasteiger partial charge in [-0.2, -0.15) is 0 Å². The number of primary amides is 1. The molecule has 0 aliphatic heterocycles. The Hall–Kier alpha value is -1.73. The third-order valence-corrected chi connectivity index (χ3v) is 6.54. The number of carbonyl (C=O) groups excluding carboxylic acids is 1. The van der Waals surface area contributed by atoms with Crippen molar-refractivity contribution in [3.8, 4) is 5.88 Å². The van der Waals surface area contributed by atoms with E-state index in [4.69, 9.17) is 10.5 Å². The zero-order chi connectivity index (χ0) is 17.4. The summed E-state index contributed by atoms with van der Waals surface area (Å²) in [6.45, 7) is 0. The third-order valence-electron chi connectivity index (χ3n) is 5.36. The van der Waals surface area contributed by atoms with E-state index in [1.807, 2.05) is 0 Å². The molecule has 1 unspecified atom stereocenters. The van der Waals surface area contributed by atoms with Gasteiger partial charge in [-0.05, 0) is 56.4 Å². The van der Waals surface area contributed by atoms with E-state index in [-0.39, 0.29) is 12.0 Å². The second kappa shape index (κ2) is 6.88. The first-order valence-electron chi connectivity index (χ1n) is 9.03. The Labute approximate surface area is 150 Å². The topological polar surface area (TPSA) is 98.3 Å². The average molecular weight is 361 g/mol. The molecule has 1 fully saturated rings. The van der Waals surface area contributed by atoms with Gasteiger partial charge >= 0.3 is 0 Å². The molecule has 3 N–H and O–H groups in total. The van der Waals surface area contributed by atoms with E-state index in [0.717, 1.165) is 41.5 Å². The zero-order valence-corrected chi connectivity index (χ0v) is 14.9. The van der Waals surface area contributed by atoms with Crippen LogP contribution >= 0.6 is 11.3 Å². The Morgan fingerprint density at radius 2 is 2.12 bits per heavy atom. The van der Waals surface area contributed by atoms with E-state index in [2.05, 4.69) is 9.97 Å². The molecular weight excluding hydrogens is 338 g/mol. The van der Waals surface area contributed by atoms with Crippen LogP contribution in [-0.2, 0) is 11.2 Å². The van der Waals surface area contributed by atoms with Crippen molar-refractivity contribution >= 4 is 27.5 Å². The van der Waals surface area contributed by atoms with Crippen molar-refractivity contribution < 1.29 is 14.6 Å². The smallest absolute Gasteiger partial charge is 0.246 e. The quantitative estimate of drug-likeness (QED) is 0.853. The first-order valence-corrected chi connectivity index (χ1v) is 9.85. The van der Waals surface area contributed by atoms with Crippen molar-refractivity contribution in [1.29, 1.82) is 0 Å². The van der Waals surface area contributed by atoms with Crippen LogP contribution < -0.4 is 10.5 Å². The number of nitrogens with two attached hydrogens (primary N) is 1. The molecule has 0 spiro atoms. The normalized spacial score (nSPS) is 22.0. The number of thiophene rings is 1. The van der Waals surface area contributed by atoms with Crippen LogP contribution in [0.25, 0.3) is 10.2 Å². The van der Waals surface area contributed by atoms with Crippen LogP contribution in [0, 0.1) is 0 Å². The number of hydrogen-bond donors (Lipinski definition) is 2. The highest BCUT2D eigenvalue weighted by molar-refractivity contribution is 7.19. The van der Waals surface area contributed by atoms with Crippen molar-refractivity contribution in [2.24, 2.45) is 5.73 Å². The molecule has 134 valence electrons. The molecule has 6 nitrogen and oxygen atoms in total. The van der Waals surface area contributed by atoms with Crippen LogP contribution in [0.3, 0.4) is 0 Å². The minimum Gasteiger partial charge on any atom is -0.474 e. The van der Waals surface area contributed by atoms with Gasteiger partial charge in [0.2, 0.25) is 11.8 Å². The number of hydrogen-bond acceptors (Lipinski definition) is 6. The Bertz CT molecular complexity index is 785. The van der Waals surface area contributed by atoms with Crippen molar-refractivity contribution in [3.05, 3.63) is 16.8 Å². The first-order chi connectivity index (χ1) is 12.1. The van der Waals surface area contributed by atoms with Gasteiger partial charge in [0, 0.05) is 4.88 Å². The number of nitrogens with zero attached hydrogens (tertiary/aromatic N) is 2. The van der Waals surface area contributed by atoms with E-state index in [0.29, 0.717) is 12.3 Å². The minimum absolute atomic E-state index is 0.103. The summed E-state index contributed by atoms with van der Waals surface area (Å²) in [4.78, 5) is 22.3. The Kier molecular flexibility index (Phi) is 4.60. The van der Waals surface area contributed by atoms with E-state index >= 15 is 0 Å². The maximum absolute atomic E-state index is 11.3. The second-order valence-corrected chi connectivity index (χ2v) is 8.15. The fourth-order valence-electron chi connectivity index (χ4n) is 4.09. The van der Waals surface area contributed by atoms with Gasteiger partial charge in [0.05, 0.1) is 5.39 Å². The van der Waals surface area contributed by atoms with Crippen LogP contribution in [0.2, 0.25) is 0 Å². The van der Waals surface area contributed by atoms with Crippen LogP contribution in [0.4, 0.5) is 0 Å². The number of carbonyl (C=O) groups is 1. The molecule has 0 aromatic carbocycles. The Morgan fingerprint density at radius 3 is 2.88 bits per heavy atom. The van der Waals surface area contributed by atoms with E-state index < -0.39 is 12.0 Å². The number of aliphatic hydroxyl groups excluding tert-OH is 1. The first kappa shape index (κ1) is 16.7. The molecule has 2 heterocycles. The molecule has 4 rings (SSSR count). The fourth-order valence-corrected chi connectivity index (χ4v) is 5.32. The summed E-state index contributed by atoms with van der Waals surface area (Å²) in [6.07, 6.45) is 8.71. The van der Waals surface area contributed by atoms with Crippen molar-refractivity contribution in [3.63, 3.8) is 0 Å². The number of aromatic nitrogens is 2. The predicted molar refractivity (Wildman–Crippen MR) is 95.8 cm³/mol. The lowest BCUT2D eigenvalue weighted by molar-refractivity contribution is -0.126. The maximum atomic E-state index is 11.3. The molecule has 7 heteroatoms. The molecule has 0 saturated heterocycles. The standard InChI is InChI=1S/C18H23N3O3S/c19-16(23)12(22)8-10-6-7-13-14(10)15-17(20-9-21-18(15)25-13)24-11-4-2-1-3-5-11/h9-12,22H,1-8H2,(H2,19,23)/t10-,12?/m1/s1. The van der Waals surface area contributed by atoms with Gasteiger partial charge in [0.15, 0.2) is 0 Å². The number of amides is 1. The summed E-state index contributed by atoms with van der Waals surface area (Å²) in [5, 5.41) is 10.9. The summed E-state index contributed by atoms with van der Waals surface area (Å²) in [5.74, 6) is 0.101. The van der Waals surface area contributed by atoms with Gasteiger partial charge in [0.1, 0.15) is 23.4 Å². The summed E-state index contributed by atoms with van der Waals surface area (Å²) >= 11 is 1.67. The average Bonchev–Trinajstić information content (AvgIpc) is 3.16. The SMILES string of the molecule is NC(=O)C(O)C[C@H]1CCc2sc3ncnc(OC4CCCCC4)c3c21. The predicted octanol–water partition coefficient (Wildman–Crippen LogP) is 2.67.